The van der Waals surface area contributed by atoms with Crippen LogP contribution in [0.25, 0.3) is 0 Å². The number of rotatable bonds is 9. The Hall–Kier alpha value is -2.91. The molecule has 224 valence electrons. The number of nitrogens with zero attached hydrogens (tertiary/aromatic N) is 3. The van der Waals surface area contributed by atoms with Gasteiger partial charge in [-0.2, -0.15) is 0 Å². The molecule has 2 saturated heterocycles. The van der Waals surface area contributed by atoms with Crippen LogP contribution in [0, 0.1) is 11.8 Å². The van der Waals surface area contributed by atoms with Crippen molar-refractivity contribution in [2.45, 2.75) is 51.1 Å². The predicted molar refractivity (Wildman–Crippen MR) is 156 cm³/mol. The second-order valence-electron chi connectivity index (χ2n) is 11.3. The Morgan fingerprint density at radius 2 is 1.68 bits per heavy atom. The fraction of sp³-hybridized carbons (Fsp3) is 0.548. The molecule has 0 bridgehead atoms. The van der Waals surface area contributed by atoms with E-state index in [2.05, 4.69) is 4.90 Å². The summed E-state index contributed by atoms with van der Waals surface area (Å²) >= 11 is 6.41. The van der Waals surface area contributed by atoms with Gasteiger partial charge in [-0.1, -0.05) is 23.7 Å². The molecule has 1 N–H and O–H groups in total. The van der Waals surface area contributed by atoms with Crippen molar-refractivity contribution < 1.29 is 28.2 Å². The lowest BCUT2D eigenvalue weighted by molar-refractivity contribution is -0.173. The van der Waals surface area contributed by atoms with Crippen LogP contribution in [-0.2, 0) is 10.4 Å². The normalized spacial score (nSPS) is 18.3. The summed E-state index contributed by atoms with van der Waals surface area (Å²) < 4.78 is 33.7. The van der Waals surface area contributed by atoms with Crippen LogP contribution in [0.2, 0.25) is 5.02 Å². The van der Waals surface area contributed by atoms with E-state index in [9.17, 15) is 23.5 Å². The number of alkyl halides is 2. The van der Waals surface area contributed by atoms with Crippen molar-refractivity contribution >= 4 is 29.1 Å². The van der Waals surface area contributed by atoms with E-state index in [1.165, 1.54) is 28.0 Å². The topological polar surface area (TPSA) is 73.3 Å². The number of hydrogen-bond acceptors (Lipinski definition) is 5. The van der Waals surface area contributed by atoms with Crippen LogP contribution >= 0.6 is 11.6 Å². The molecule has 0 aliphatic carbocycles. The molecule has 10 heteroatoms. The number of hydrogen-bond donors (Lipinski definition) is 1. The van der Waals surface area contributed by atoms with E-state index in [1.54, 1.807) is 33.2 Å². The highest BCUT2D eigenvalue weighted by Crippen LogP contribution is 2.36. The van der Waals surface area contributed by atoms with Crippen molar-refractivity contribution in [3.63, 3.8) is 0 Å². The van der Waals surface area contributed by atoms with Gasteiger partial charge in [0.25, 0.3) is 18.2 Å². The molecular weight excluding hydrogens is 552 g/mol. The maximum atomic E-state index is 14.2. The van der Waals surface area contributed by atoms with Crippen LogP contribution in [0.4, 0.5) is 14.5 Å². The van der Waals surface area contributed by atoms with Gasteiger partial charge in [0.05, 0.1) is 17.2 Å². The van der Waals surface area contributed by atoms with Crippen molar-refractivity contribution in [1.82, 2.24) is 9.80 Å². The molecule has 2 heterocycles. The molecule has 2 aromatic carbocycles. The standard InChI is InChI=1S/C31H40ClF2N3O4/c1-4-41-25-7-5-6-23(19-25)31(40,29(33)34)30(39)37-16-12-22(13-17-37)18-21-10-14-36(15-11-21)24-8-9-26(27(32)20-24)28(38)35(2)3/h5-9,19-22,29,40H,4,10-18H2,1-3H3/t31-/m0/s1. The number of carbonyl (C=O) groups is 2. The molecule has 0 spiro atoms. The summed E-state index contributed by atoms with van der Waals surface area (Å²) in [5, 5.41) is 11.4. The third-order valence-corrected chi connectivity index (χ3v) is 8.68. The van der Waals surface area contributed by atoms with E-state index >= 15 is 0 Å². The van der Waals surface area contributed by atoms with Crippen LogP contribution in [0.5, 0.6) is 5.75 Å². The van der Waals surface area contributed by atoms with Gasteiger partial charge in [-0.15, -0.1) is 0 Å². The molecule has 0 saturated carbocycles. The molecule has 0 radical (unpaired) electrons. The highest BCUT2D eigenvalue weighted by atomic mass is 35.5. The van der Waals surface area contributed by atoms with Crippen LogP contribution in [0.3, 0.4) is 0 Å². The fourth-order valence-corrected chi connectivity index (χ4v) is 6.21. The first-order valence-electron chi connectivity index (χ1n) is 14.3. The smallest absolute Gasteiger partial charge is 0.280 e. The molecule has 1 atom stereocenters. The molecule has 2 aliphatic heterocycles. The second kappa shape index (κ2) is 13.4. The Balaban J connectivity index is 1.29. The molecule has 2 amide bonds. The molecule has 7 nitrogen and oxygen atoms in total. The number of aliphatic hydroxyl groups is 1. The van der Waals surface area contributed by atoms with Crippen molar-refractivity contribution in [3.05, 3.63) is 58.6 Å². The zero-order chi connectivity index (χ0) is 29.7. The van der Waals surface area contributed by atoms with Crippen LogP contribution in [0.15, 0.2) is 42.5 Å². The lowest BCUT2D eigenvalue weighted by Crippen LogP contribution is -2.53. The lowest BCUT2D eigenvalue weighted by Gasteiger charge is -2.39. The van der Waals surface area contributed by atoms with Gasteiger partial charge in [-0.05, 0) is 81.2 Å². The number of anilines is 1. The maximum Gasteiger partial charge on any atom is 0.280 e. The molecule has 2 fully saturated rings. The second-order valence-corrected chi connectivity index (χ2v) is 11.7. The minimum Gasteiger partial charge on any atom is -0.494 e. The summed E-state index contributed by atoms with van der Waals surface area (Å²) in [5.41, 5.74) is -1.56. The fourth-order valence-electron chi connectivity index (χ4n) is 5.96. The van der Waals surface area contributed by atoms with Crippen molar-refractivity contribution in [3.8, 4) is 5.75 Å². The van der Waals surface area contributed by atoms with E-state index in [0.717, 1.165) is 50.9 Å². The van der Waals surface area contributed by atoms with Gasteiger partial charge in [0.1, 0.15) is 5.75 Å². The zero-order valence-corrected chi connectivity index (χ0v) is 24.7. The molecule has 41 heavy (non-hydrogen) atoms. The number of ether oxygens (including phenoxy) is 1. The van der Waals surface area contributed by atoms with E-state index in [4.69, 9.17) is 16.3 Å². The lowest BCUT2D eigenvalue weighted by atomic mass is 9.82. The molecule has 4 rings (SSSR count). The van der Waals surface area contributed by atoms with Gasteiger partial charge in [-0.3, -0.25) is 9.59 Å². The minimum absolute atomic E-state index is 0.123. The minimum atomic E-state index is -3.27. The van der Waals surface area contributed by atoms with E-state index in [1.807, 2.05) is 12.1 Å². The first kappa shape index (κ1) is 31.0. The maximum absolute atomic E-state index is 14.2. The number of benzene rings is 2. The highest BCUT2D eigenvalue weighted by Gasteiger charge is 2.50. The average molecular weight is 592 g/mol. The van der Waals surface area contributed by atoms with Gasteiger partial charge < -0.3 is 24.5 Å². The summed E-state index contributed by atoms with van der Waals surface area (Å²) in [6, 6.07) is 11.4. The van der Waals surface area contributed by atoms with E-state index in [-0.39, 0.29) is 11.5 Å². The quantitative estimate of drug-likeness (QED) is 0.420. The summed E-state index contributed by atoms with van der Waals surface area (Å²) in [6.07, 6.45) is 1.26. The third kappa shape index (κ3) is 6.95. The van der Waals surface area contributed by atoms with Gasteiger partial charge >= 0.3 is 0 Å². The molecule has 0 unspecified atom stereocenters. The highest BCUT2D eigenvalue weighted by molar-refractivity contribution is 6.34. The number of likely N-dealkylation sites (tertiary alicyclic amines) is 1. The average Bonchev–Trinajstić information content (AvgIpc) is 2.97. The Labute approximate surface area is 246 Å². The van der Waals surface area contributed by atoms with Gasteiger partial charge in [0.2, 0.25) is 5.60 Å². The molecule has 2 aliphatic rings. The number of halogens is 3. The summed E-state index contributed by atoms with van der Waals surface area (Å²) in [7, 11) is 3.40. The Bertz CT molecular complexity index is 1210. The SMILES string of the molecule is CCOc1cccc([C@@](O)(C(=O)N2CCC(CC3CCN(c4ccc(C(=O)N(C)C)c(Cl)c4)CC3)CC2)C(F)F)c1. The zero-order valence-electron chi connectivity index (χ0n) is 24.0. The monoisotopic (exact) mass is 591 g/mol. The number of piperidine rings is 2. The van der Waals surface area contributed by atoms with E-state index < -0.39 is 17.9 Å². The number of carbonyl (C=O) groups excluding carboxylic acids is 2. The molecule has 0 aromatic heterocycles. The van der Waals surface area contributed by atoms with Crippen LogP contribution in [0.1, 0.15) is 54.9 Å². The summed E-state index contributed by atoms with van der Waals surface area (Å²) in [4.78, 5) is 30.7. The van der Waals surface area contributed by atoms with Crippen molar-refractivity contribution in [1.29, 1.82) is 0 Å². The molecule has 2 aromatic rings. The first-order valence-corrected chi connectivity index (χ1v) is 14.7. The third-order valence-electron chi connectivity index (χ3n) is 8.36. The van der Waals surface area contributed by atoms with Crippen molar-refractivity contribution in [2.24, 2.45) is 11.8 Å². The van der Waals surface area contributed by atoms with Gasteiger partial charge in [0.15, 0.2) is 0 Å². The van der Waals surface area contributed by atoms with Crippen LogP contribution in [-0.4, -0.2) is 80.0 Å². The summed E-state index contributed by atoms with van der Waals surface area (Å²) in [5.74, 6) is 0.207. The van der Waals surface area contributed by atoms with Gasteiger partial charge in [0, 0.05) is 51.5 Å². The predicted octanol–water partition coefficient (Wildman–Crippen LogP) is 5.44. The Morgan fingerprint density at radius 3 is 2.24 bits per heavy atom. The molecular formula is C31H40ClF2N3O4. The Morgan fingerprint density at radius 1 is 1.05 bits per heavy atom. The Kier molecular flexibility index (Phi) is 10.1. The number of amides is 2. The van der Waals surface area contributed by atoms with Gasteiger partial charge in [-0.25, -0.2) is 8.78 Å². The van der Waals surface area contributed by atoms with Crippen molar-refractivity contribution in [2.75, 3.05) is 51.8 Å². The van der Waals surface area contributed by atoms with E-state index in [0.29, 0.717) is 47.9 Å². The first-order chi connectivity index (χ1) is 19.5. The largest absolute Gasteiger partial charge is 0.494 e. The van der Waals surface area contributed by atoms with Crippen LogP contribution < -0.4 is 9.64 Å². The summed E-state index contributed by atoms with van der Waals surface area (Å²) in [6.45, 7) is 4.59.